The number of rotatable bonds is 6. The molecule has 0 fully saturated rings. The number of amides is 1. The van der Waals surface area contributed by atoms with Crippen LogP contribution < -0.4 is 10.2 Å². The number of halogens is 1. The van der Waals surface area contributed by atoms with Crippen molar-refractivity contribution in [3.05, 3.63) is 82.6 Å². The number of nitrogens with one attached hydrogen (secondary N) is 1. The summed E-state index contributed by atoms with van der Waals surface area (Å²) in [6, 6.07) is 17.2. The number of hydrogen-bond donors (Lipinski definition) is 1. The lowest BCUT2D eigenvalue weighted by Gasteiger charge is -2.19. The standard InChI is InChI=1S/C27H24ClN7O/c1-17(2)35-24(8-11-31-35)33-27-30-10-7-23(32-27)20-13-19-9-12-34(26(19)21(14-20)16-29)25(36)15-18-5-3-4-6-22(18)28/h3-8,10-11,13-14,17H,9,12,15H2,1-2H3,(H,30,32,33). The number of nitriles is 1. The fraction of sp³-hybridized carbons (Fsp3) is 0.222. The first-order valence-corrected chi connectivity index (χ1v) is 12.1. The molecule has 180 valence electrons. The summed E-state index contributed by atoms with van der Waals surface area (Å²) >= 11 is 6.26. The molecule has 8 nitrogen and oxygen atoms in total. The van der Waals surface area contributed by atoms with Gasteiger partial charge in [-0.2, -0.15) is 10.4 Å². The van der Waals surface area contributed by atoms with Crippen LogP contribution in [0.15, 0.2) is 60.9 Å². The predicted octanol–water partition coefficient (Wildman–Crippen LogP) is 5.32. The van der Waals surface area contributed by atoms with E-state index in [1.807, 2.05) is 54.9 Å². The van der Waals surface area contributed by atoms with Crippen molar-refractivity contribution in [1.82, 2.24) is 19.7 Å². The maximum absolute atomic E-state index is 13.1. The van der Waals surface area contributed by atoms with Crippen molar-refractivity contribution >= 4 is 35.0 Å². The SMILES string of the molecule is CC(C)n1nccc1Nc1nccc(-c2cc(C#N)c3c(c2)CCN3C(=O)Cc2ccccc2Cl)n1. The topological polar surface area (TPSA) is 99.7 Å². The molecule has 0 unspecified atom stereocenters. The zero-order chi connectivity index (χ0) is 25.2. The van der Waals surface area contributed by atoms with E-state index < -0.39 is 0 Å². The summed E-state index contributed by atoms with van der Waals surface area (Å²) in [5.41, 5.74) is 4.32. The van der Waals surface area contributed by atoms with E-state index in [0.29, 0.717) is 40.9 Å². The molecule has 0 spiro atoms. The van der Waals surface area contributed by atoms with Gasteiger partial charge in [-0.3, -0.25) is 4.79 Å². The van der Waals surface area contributed by atoms with Crippen LogP contribution in [0.5, 0.6) is 0 Å². The maximum atomic E-state index is 13.1. The Morgan fingerprint density at radius 3 is 2.81 bits per heavy atom. The van der Waals surface area contributed by atoms with Gasteiger partial charge >= 0.3 is 0 Å². The fourth-order valence-electron chi connectivity index (χ4n) is 4.45. The summed E-state index contributed by atoms with van der Waals surface area (Å²) < 4.78 is 1.85. The first-order chi connectivity index (χ1) is 17.4. The normalized spacial score (nSPS) is 12.5. The van der Waals surface area contributed by atoms with Gasteiger partial charge < -0.3 is 10.2 Å². The van der Waals surface area contributed by atoms with Gasteiger partial charge in [-0.05, 0) is 55.7 Å². The average molecular weight is 498 g/mol. The van der Waals surface area contributed by atoms with Gasteiger partial charge in [0.2, 0.25) is 11.9 Å². The van der Waals surface area contributed by atoms with Gasteiger partial charge in [0.15, 0.2) is 0 Å². The van der Waals surface area contributed by atoms with Gasteiger partial charge in [0.05, 0.1) is 29.6 Å². The van der Waals surface area contributed by atoms with E-state index in [4.69, 9.17) is 11.6 Å². The molecule has 1 aliphatic heterocycles. The maximum Gasteiger partial charge on any atom is 0.231 e. The zero-order valence-electron chi connectivity index (χ0n) is 19.9. The Balaban J connectivity index is 1.43. The van der Waals surface area contributed by atoms with E-state index in [0.717, 1.165) is 22.5 Å². The lowest BCUT2D eigenvalue weighted by Crippen LogP contribution is -2.31. The second-order valence-corrected chi connectivity index (χ2v) is 9.26. The molecule has 0 radical (unpaired) electrons. The van der Waals surface area contributed by atoms with E-state index in [2.05, 4.69) is 26.5 Å². The predicted molar refractivity (Wildman–Crippen MR) is 139 cm³/mol. The molecule has 1 N–H and O–H groups in total. The van der Waals surface area contributed by atoms with Crippen LogP contribution in [-0.4, -0.2) is 32.2 Å². The molecule has 0 saturated heterocycles. The molecule has 0 aliphatic carbocycles. The van der Waals surface area contributed by atoms with Gasteiger partial charge in [0, 0.05) is 35.4 Å². The molecule has 4 aromatic rings. The van der Waals surface area contributed by atoms with Gasteiger partial charge in [-0.25, -0.2) is 14.6 Å². The van der Waals surface area contributed by atoms with E-state index in [1.54, 1.807) is 29.4 Å². The fourth-order valence-corrected chi connectivity index (χ4v) is 4.65. The number of anilines is 3. The largest absolute Gasteiger partial charge is 0.310 e. The van der Waals surface area contributed by atoms with Crippen LogP contribution in [0.25, 0.3) is 11.3 Å². The van der Waals surface area contributed by atoms with Gasteiger partial charge in [0.25, 0.3) is 0 Å². The van der Waals surface area contributed by atoms with Crippen molar-refractivity contribution in [3.63, 3.8) is 0 Å². The molecule has 3 heterocycles. The number of carbonyl (C=O) groups excluding carboxylic acids is 1. The molecule has 0 bridgehead atoms. The van der Waals surface area contributed by atoms with Gasteiger partial charge in [-0.15, -0.1) is 0 Å². The van der Waals surface area contributed by atoms with Gasteiger partial charge in [-0.1, -0.05) is 29.8 Å². The number of fused-ring (bicyclic) bond motifs is 1. The van der Waals surface area contributed by atoms with Crippen molar-refractivity contribution in [2.45, 2.75) is 32.7 Å². The number of hydrogen-bond acceptors (Lipinski definition) is 6. The molecule has 2 aromatic carbocycles. The third kappa shape index (κ3) is 4.53. The summed E-state index contributed by atoms with van der Waals surface area (Å²) in [6.07, 6.45) is 4.25. The second-order valence-electron chi connectivity index (χ2n) is 8.85. The van der Waals surface area contributed by atoms with Crippen molar-refractivity contribution in [2.75, 3.05) is 16.8 Å². The van der Waals surface area contributed by atoms with E-state index in [-0.39, 0.29) is 18.4 Å². The molecular formula is C27H24ClN7O. The summed E-state index contributed by atoms with van der Waals surface area (Å²) in [4.78, 5) is 23.9. The summed E-state index contributed by atoms with van der Waals surface area (Å²) in [6.45, 7) is 4.62. The first-order valence-electron chi connectivity index (χ1n) is 11.7. The van der Waals surface area contributed by atoms with Gasteiger partial charge in [0.1, 0.15) is 11.9 Å². The van der Waals surface area contributed by atoms with E-state index in [9.17, 15) is 10.1 Å². The Labute approximate surface area is 214 Å². The molecule has 1 aliphatic rings. The quantitative estimate of drug-likeness (QED) is 0.387. The Morgan fingerprint density at radius 2 is 2.03 bits per heavy atom. The highest BCUT2D eigenvalue weighted by Crippen LogP contribution is 2.36. The smallest absolute Gasteiger partial charge is 0.231 e. The highest BCUT2D eigenvalue weighted by Gasteiger charge is 2.29. The zero-order valence-corrected chi connectivity index (χ0v) is 20.7. The van der Waals surface area contributed by atoms with Crippen LogP contribution >= 0.6 is 11.6 Å². The lowest BCUT2D eigenvalue weighted by atomic mass is 10.0. The first kappa shape index (κ1) is 23.5. The van der Waals surface area contributed by atoms with E-state index >= 15 is 0 Å². The summed E-state index contributed by atoms with van der Waals surface area (Å²) in [5, 5.41) is 18.1. The molecule has 5 rings (SSSR count). The van der Waals surface area contributed by atoms with Crippen LogP contribution in [0.1, 0.15) is 36.6 Å². The van der Waals surface area contributed by atoms with Crippen LogP contribution in [-0.2, 0) is 17.6 Å². The number of nitrogens with zero attached hydrogens (tertiary/aromatic N) is 6. The summed E-state index contributed by atoms with van der Waals surface area (Å²) in [5.74, 6) is 1.15. The van der Waals surface area contributed by atoms with Crippen LogP contribution in [0.4, 0.5) is 17.5 Å². The van der Waals surface area contributed by atoms with Crippen LogP contribution in [0.2, 0.25) is 5.02 Å². The Morgan fingerprint density at radius 1 is 1.19 bits per heavy atom. The van der Waals surface area contributed by atoms with Crippen molar-refractivity contribution in [3.8, 4) is 17.3 Å². The molecule has 9 heteroatoms. The molecule has 36 heavy (non-hydrogen) atoms. The third-order valence-electron chi connectivity index (χ3n) is 6.14. The highest BCUT2D eigenvalue weighted by molar-refractivity contribution is 6.31. The Bertz CT molecular complexity index is 1490. The summed E-state index contributed by atoms with van der Waals surface area (Å²) in [7, 11) is 0. The minimum atomic E-state index is -0.0820. The number of aromatic nitrogens is 4. The third-order valence-corrected chi connectivity index (χ3v) is 6.50. The lowest BCUT2D eigenvalue weighted by molar-refractivity contribution is -0.117. The minimum Gasteiger partial charge on any atom is -0.310 e. The van der Waals surface area contributed by atoms with E-state index in [1.165, 1.54) is 0 Å². The van der Waals surface area contributed by atoms with Crippen molar-refractivity contribution in [1.29, 1.82) is 5.26 Å². The molecule has 2 aromatic heterocycles. The number of benzene rings is 2. The Hall–Kier alpha value is -4.22. The molecular weight excluding hydrogens is 474 g/mol. The van der Waals surface area contributed by atoms with Crippen molar-refractivity contribution in [2.24, 2.45) is 0 Å². The van der Waals surface area contributed by atoms with Crippen molar-refractivity contribution < 1.29 is 4.79 Å². The number of carbonyl (C=O) groups is 1. The average Bonchev–Trinajstić information content (AvgIpc) is 3.52. The highest BCUT2D eigenvalue weighted by atomic mass is 35.5. The Kier molecular flexibility index (Phi) is 6.40. The minimum absolute atomic E-state index is 0.0820. The molecule has 0 atom stereocenters. The molecule has 1 amide bonds. The van der Waals surface area contributed by atoms with Crippen LogP contribution in [0, 0.1) is 11.3 Å². The monoisotopic (exact) mass is 497 g/mol. The second kappa shape index (κ2) is 9.80. The molecule has 0 saturated carbocycles. The van der Waals surface area contributed by atoms with Crippen LogP contribution in [0.3, 0.4) is 0 Å².